The molecule has 0 amide bonds. The lowest BCUT2D eigenvalue weighted by molar-refractivity contribution is 0.139. The van der Waals surface area contributed by atoms with Crippen LogP contribution in [0.1, 0.15) is 17.8 Å². The van der Waals surface area contributed by atoms with Gasteiger partial charge in [-0.2, -0.15) is 0 Å². The zero-order chi connectivity index (χ0) is 23.9. The van der Waals surface area contributed by atoms with Gasteiger partial charge in [0.2, 0.25) is 0 Å². The van der Waals surface area contributed by atoms with Crippen LogP contribution < -0.4 is 0 Å². The fourth-order valence-electron chi connectivity index (χ4n) is 4.50. The first kappa shape index (κ1) is 21.3. The molecule has 6 rings (SSSR count). The van der Waals surface area contributed by atoms with Gasteiger partial charge in [0.05, 0.1) is 29.4 Å². The molecule has 0 aliphatic carbocycles. The third-order valence-electron chi connectivity index (χ3n) is 6.13. The van der Waals surface area contributed by atoms with Gasteiger partial charge in [-0.3, -0.25) is 14.5 Å². The number of hydrogen-bond donors (Lipinski definition) is 0. The standard InChI is InChI=1S/C28H20F2N4O/c1-35-16-17-6-9-21(10-7-17)34-26-22-13-18(20-12-19-4-2-3-5-23(19)31-14-20)8-11-24(22)32-15-25(26)33-28(34)27(29)30/h2-15,27H,16H2,1H3. The summed E-state index contributed by atoms with van der Waals surface area (Å²) in [5, 5.41) is 1.77. The highest BCUT2D eigenvalue weighted by atomic mass is 19.3. The van der Waals surface area contributed by atoms with Crippen molar-refractivity contribution >= 4 is 32.8 Å². The Morgan fingerprint density at radius 1 is 0.829 bits per heavy atom. The average Bonchev–Trinajstić information content (AvgIpc) is 3.29. The van der Waals surface area contributed by atoms with Crippen molar-refractivity contribution in [2.24, 2.45) is 0 Å². The van der Waals surface area contributed by atoms with Crippen LogP contribution in [0.25, 0.3) is 49.7 Å². The maximum atomic E-state index is 14.1. The van der Waals surface area contributed by atoms with E-state index in [0.29, 0.717) is 28.8 Å². The fraction of sp³-hybridized carbons (Fsp3) is 0.107. The van der Waals surface area contributed by atoms with Crippen molar-refractivity contribution in [3.05, 3.63) is 96.6 Å². The van der Waals surface area contributed by atoms with Crippen LogP contribution in [-0.2, 0) is 11.3 Å². The smallest absolute Gasteiger partial charge is 0.295 e. The maximum Gasteiger partial charge on any atom is 0.295 e. The zero-order valence-corrected chi connectivity index (χ0v) is 18.8. The molecular formula is C28H20F2N4O. The highest BCUT2D eigenvalue weighted by Gasteiger charge is 2.22. The molecule has 35 heavy (non-hydrogen) atoms. The first-order valence-corrected chi connectivity index (χ1v) is 11.1. The van der Waals surface area contributed by atoms with Crippen molar-refractivity contribution in [3.8, 4) is 16.8 Å². The molecule has 0 spiro atoms. The third kappa shape index (κ3) is 3.70. The number of aromatic nitrogens is 4. The quantitative estimate of drug-likeness (QED) is 0.278. The molecule has 0 aliphatic rings. The summed E-state index contributed by atoms with van der Waals surface area (Å²) in [4.78, 5) is 13.3. The number of pyridine rings is 2. The van der Waals surface area contributed by atoms with E-state index in [1.165, 1.54) is 4.57 Å². The van der Waals surface area contributed by atoms with Crippen LogP contribution in [0, 0.1) is 0 Å². The van der Waals surface area contributed by atoms with E-state index in [2.05, 4.69) is 21.0 Å². The van der Waals surface area contributed by atoms with Crippen LogP contribution in [0.2, 0.25) is 0 Å². The molecule has 3 heterocycles. The van der Waals surface area contributed by atoms with Gasteiger partial charge in [0.1, 0.15) is 5.52 Å². The van der Waals surface area contributed by atoms with Gasteiger partial charge in [-0.1, -0.05) is 36.4 Å². The number of nitrogens with zero attached hydrogens (tertiary/aromatic N) is 4. The number of rotatable bonds is 5. The van der Waals surface area contributed by atoms with E-state index in [1.807, 2.05) is 72.9 Å². The van der Waals surface area contributed by atoms with Crippen LogP contribution in [0.3, 0.4) is 0 Å². The molecule has 0 unspecified atom stereocenters. The SMILES string of the molecule is COCc1ccc(-n2c(C(F)F)nc3cnc4ccc(-c5cnc6ccccc6c5)cc4c32)cc1. The van der Waals surface area contributed by atoms with Crippen molar-refractivity contribution in [2.45, 2.75) is 13.0 Å². The average molecular weight is 466 g/mol. The summed E-state index contributed by atoms with van der Waals surface area (Å²) in [5.41, 5.74) is 6.05. The first-order valence-electron chi connectivity index (χ1n) is 11.1. The number of methoxy groups -OCH3 is 1. The number of alkyl halides is 2. The minimum absolute atomic E-state index is 0.313. The third-order valence-corrected chi connectivity index (χ3v) is 6.13. The molecule has 6 aromatic rings. The van der Waals surface area contributed by atoms with Gasteiger partial charge in [-0.05, 0) is 47.5 Å². The number of hydrogen-bond acceptors (Lipinski definition) is 4. The summed E-state index contributed by atoms with van der Waals surface area (Å²) in [6.07, 6.45) is 0.633. The van der Waals surface area contributed by atoms with Gasteiger partial charge < -0.3 is 4.74 Å². The Kier molecular flexibility index (Phi) is 5.19. The van der Waals surface area contributed by atoms with E-state index in [4.69, 9.17) is 4.74 Å². The molecule has 0 aliphatic heterocycles. The molecule has 3 aromatic heterocycles. The van der Waals surface area contributed by atoms with E-state index in [-0.39, 0.29) is 5.82 Å². The van der Waals surface area contributed by atoms with Gasteiger partial charge in [0.15, 0.2) is 5.82 Å². The van der Waals surface area contributed by atoms with E-state index in [9.17, 15) is 8.78 Å². The summed E-state index contributed by atoms with van der Waals surface area (Å²) < 4.78 is 34.9. The number of benzene rings is 3. The van der Waals surface area contributed by atoms with Crippen LogP contribution in [0.15, 0.2) is 85.2 Å². The lowest BCUT2D eigenvalue weighted by Gasteiger charge is -2.12. The molecule has 0 fully saturated rings. The van der Waals surface area contributed by atoms with Crippen molar-refractivity contribution in [1.82, 2.24) is 19.5 Å². The van der Waals surface area contributed by atoms with E-state index >= 15 is 0 Å². The van der Waals surface area contributed by atoms with E-state index < -0.39 is 6.43 Å². The number of halogens is 2. The highest BCUT2D eigenvalue weighted by Crippen LogP contribution is 2.34. The van der Waals surface area contributed by atoms with Crippen molar-refractivity contribution in [2.75, 3.05) is 7.11 Å². The van der Waals surface area contributed by atoms with Crippen LogP contribution in [-0.4, -0.2) is 26.6 Å². The Morgan fingerprint density at radius 3 is 2.43 bits per heavy atom. The summed E-state index contributed by atoms with van der Waals surface area (Å²) in [7, 11) is 1.62. The summed E-state index contributed by atoms with van der Waals surface area (Å²) in [6, 6.07) is 23.2. The zero-order valence-electron chi connectivity index (χ0n) is 18.8. The second kappa shape index (κ2) is 8.52. The minimum atomic E-state index is -2.75. The Hall–Kier alpha value is -4.23. The van der Waals surface area contributed by atoms with Gasteiger partial charge >= 0.3 is 0 Å². The lowest BCUT2D eigenvalue weighted by atomic mass is 10.0. The number of ether oxygens (including phenoxy) is 1. The Bertz CT molecular complexity index is 1690. The second-order valence-corrected chi connectivity index (χ2v) is 8.35. The maximum absolute atomic E-state index is 14.1. The molecule has 3 aromatic carbocycles. The molecule has 0 N–H and O–H groups in total. The topological polar surface area (TPSA) is 52.8 Å². The predicted molar refractivity (Wildman–Crippen MR) is 133 cm³/mol. The minimum Gasteiger partial charge on any atom is -0.380 e. The number of fused-ring (bicyclic) bond motifs is 4. The molecule has 0 atom stereocenters. The predicted octanol–water partition coefficient (Wildman–Crippen LogP) is 6.87. The molecule has 0 saturated carbocycles. The van der Waals surface area contributed by atoms with Crippen LogP contribution in [0.4, 0.5) is 8.78 Å². The summed E-state index contributed by atoms with van der Waals surface area (Å²) in [6.45, 7) is 0.447. The highest BCUT2D eigenvalue weighted by molar-refractivity contribution is 6.05. The molecule has 5 nitrogen and oxygen atoms in total. The molecule has 7 heteroatoms. The van der Waals surface area contributed by atoms with Crippen LogP contribution in [0.5, 0.6) is 0 Å². The number of imidazole rings is 1. The van der Waals surface area contributed by atoms with Crippen molar-refractivity contribution in [1.29, 1.82) is 0 Å². The van der Waals surface area contributed by atoms with Crippen molar-refractivity contribution < 1.29 is 13.5 Å². The van der Waals surface area contributed by atoms with Crippen LogP contribution >= 0.6 is 0 Å². The monoisotopic (exact) mass is 466 g/mol. The van der Waals surface area contributed by atoms with E-state index in [0.717, 1.165) is 33.0 Å². The molecule has 172 valence electrons. The van der Waals surface area contributed by atoms with Gasteiger partial charge in [-0.15, -0.1) is 0 Å². The van der Waals surface area contributed by atoms with Gasteiger partial charge in [-0.25, -0.2) is 13.8 Å². The fourth-order valence-corrected chi connectivity index (χ4v) is 4.50. The van der Waals surface area contributed by atoms with Gasteiger partial charge in [0, 0.05) is 35.3 Å². The molecule has 0 saturated heterocycles. The summed E-state index contributed by atoms with van der Waals surface area (Å²) in [5.74, 6) is -0.313. The second-order valence-electron chi connectivity index (χ2n) is 8.35. The van der Waals surface area contributed by atoms with Gasteiger partial charge in [0.25, 0.3) is 6.43 Å². The lowest BCUT2D eigenvalue weighted by Crippen LogP contribution is -2.02. The molecular weight excluding hydrogens is 446 g/mol. The van der Waals surface area contributed by atoms with Crippen molar-refractivity contribution in [3.63, 3.8) is 0 Å². The summed E-state index contributed by atoms with van der Waals surface area (Å²) >= 11 is 0. The van der Waals surface area contributed by atoms with E-state index in [1.54, 1.807) is 13.3 Å². The molecule has 0 bridgehead atoms. The Labute approximate surface area is 199 Å². The largest absolute Gasteiger partial charge is 0.380 e. The Morgan fingerprint density at radius 2 is 1.63 bits per heavy atom. The normalized spacial score (nSPS) is 11.8. The molecule has 0 radical (unpaired) electrons. The first-order chi connectivity index (χ1) is 17.1. The number of para-hydroxylation sites is 1. The Balaban J connectivity index is 1.59.